The maximum Gasteiger partial charge on any atom is 0.419 e. The maximum absolute atomic E-state index is 15.0. The molecule has 0 saturated heterocycles. The summed E-state index contributed by atoms with van der Waals surface area (Å²) in [6.45, 7) is 5.55. The Morgan fingerprint density at radius 1 is 1.03 bits per heavy atom. The summed E-state index contributed by atoms with van der Waals surface area (Å²) in [4.78, 5) is 12.6. The topological polar surface area (TPSA) is 38.3 Å². The van der Waals surface area contributed by atoms with Crippen LogP contribution in [0, 0.1) is 0 Å². The monoisotopic (exact) mass is 441 g/mol. The molecule has 0 aromatic heterocycles. The maximum atomic E-state index is 15.0. The first kappa shape index (κ1) is 24.4. The van der Waals surface area contributed by atoms with E-state index in [0.717, 1.165) is 13.0 Å². The molecule has 2 rings (SSSR count). The normalized spacial score (nSPS) is 14.4. The number of para-hydroxylation sites is 1. The largest absolute Gasteiger partial charge is 0.457 e. The van der Waals surface area contributed by atoms with E-state index >= 15 is 0 Å². The van der Waals surface area contributed by atoms with Gasteiger partial charge in [-0.1, -0.05) is 24.6 Å². The lowest BCUT2D eigenvalue weighted by molar-refractivity contribution is -0.138. The molecule has 0 heterocycles. The molecule has 3 nitrogen and oxygen atoms in total. The van der Waals surface area contributed by atoms with Crippen molar-refractivity contribution in [3.63, 3.8) is 0 Å². The highest BCUT2D eigenvalue weighted by Crippen LogP contribution is 2.38. The van der Waals surface area contributed by atoms with Crippen LogP contribution >= 0.6 is 0 Å². The van der Waals surface area contributed by atoms with Crippen LogP contribution in [0.1, 0.15) is 39.7 Å². The van der Waals surface area contributed by atoms with E-state index in [1.54, 1.807) is 0 Å². The van der Waals surface area contributed by atoms with Gasteiger partial charge in [-0.3, -0.25) is 4.79 Å². The molecule has 0 bridgehead atoms. The van der Waals surface area contributed by atoms with Gasteiger partial charge in [-0.2, -0.15) is 13.2 Å². The first-order valence-electron chi connectivity index (χ1n) is 9.64. The predicted octanol–water partition coefficient (Wildman–Crippen LogP) is 7.25. The number of anilines is 1. The Hall–Kier alpha value is -2.90. The second-order valence-corrected chi connectivity index (χ2v) is 7.40. The van der Waals surface area contributed by atoms with E-state index in [1.807, 2.05) is 0 Å². The van der Waals surface area contributed by atoms with Gasteiger partial charge in [0.1, 0.15) is 17.7 Å². The van der Waals surface area contributed by atoms with Gasteiger partial charge in [0.25, 0.3) is 5.91 Å². The van der Waals surface area contributed by atoms with Crippen molar-refractivity contribution < 1.29 is 31.5 Å². The molecule has 1 amide bonds. The molecule has 8 heteroatoms. The van der Waals surface area contributed by atoms with Crippen molar-refractivity contribution in [1.29, 1.82) is 0 Å². The zero-order chi connectivity index (χ0) is 23.4. The van der Waals surface area contributed by atoms with Crippen LogP contribution in [0.5, 0.6) is 11.5 Å². The second-order valence-electron chi connectivity index (χ2n) is 7.40. The zero-order valence-electron chi connectivity index (χ0n) is 17.6. The smallest absolute Gasteiger partial charge is 0.419 e. The minimum Gasteiger partial charge on any atom is -0.457 e. The number of hydrogen-bond acceptors (Lipinski definition) is 2. The van der Waals surface area contributed by atoms with Crippen LogP contribution in [-0.4, -0.2) is 17.7 Å². The molecule has 0 aliphatic rings. The molecular formula is C23H24F5NO2. The van der Waals surface area contributed by atoms with E-state index < -0.39 is 29.5 Å². The van der Waals surface area contributed by atoms with Gasteiger partial charge in [0, 0.05) is 5.69 Å². The Kier molecular flexibility index (Phi) is 7.46. The number of alkyl halides is 5. The Morgan fingerprint density at radius 3 is 2.13 bits per heavy atom. The molecule has 0 aliphatic carbocycles. The molecule has 168 valence electrons. The number of halogens is 5. The summed E-state index contributed by atoms with van der Waals surface area (Å²) in [5.41, 5.74) is -3.10. The average Bonchev–Trinajstić information content (AvgIpc) is 2.67. The number of amides is 1. The first-order chi connectivity index (χ1) is 14.4. The van der Waals surface area contributed by atoms with Gasteiger partial charge < -0.3 is 10.1 Å². The van der Waals surface area contributed by atoms with Crippen LogP contribution in [0.15, 0.2) is 59.7 Å². The highest BCUT2D eigenvalue weighted by molar-refractivity contribution is 6.05. The van der Waals surface area contributed by atoms with Gasteiger partial charge in [0.2, 0.25) is 0 Å². The summed E-state index contributed by atoms with van der Waals surface area (Å²) < 4.78 is 73.7. The lowest BCUT2D eigenvalue weighted by atomic mass is 9.87. The summed E-state index contributed by atoms with van der Waals surface area (Å²) in [5, 5.41) is 2.50. The fraction of sp³-hybridized carbons (Fsp3) is 0.348. The summed E-state index contributed by atoms with van der Waals surface area (Å²) in [7, 11) is 0. The van der Waals surface area contributed by atoms with Gasteiger partial charge >= 0.3 is 6.18 Å². The molecule has 2 aromatic carbocycles. The molecule has 0 fully saturated rings. The minimum absolute atomic E-state index is 0.0947. The van der Waals surface area contributed by atoms with Crippen LogP contribution in [0.4, 0.5) is 27.6 Å². The van der Waals surface area contributed by atoms with Crippen molar-refractivity contribution in [3.05, 3.63) is 65.2 Å². The first-order valence-corrected chi connectivity index (χ1v) is 9.64. The van der Waals surface area contributed by atoms with Crippen LogP contribution in [0.2, 0.25) is 0 Å². The Labute approximate surface area is 177 Å². The molecule has 0 aliphatic heterocycles. The Balaban J connectivity index is 2.20. The summed E-state index contributed by atoms with van der Waals surface area (Å²) in [6.07, 6.45) is -6.52. The van der Waals surface area contributed by atoms with Gasteiger partial charge in [-0.25, -0.2) is 8.78 Å². The highest BCUT2D eigenvalue weighted by Gasteiger charge is 2.41. The zero-order valence-corrected chi connectivity index (χ0v) is 17.6. The molecule has 0 radical (unpaired) electrons. The summed E-state index contributed by atoms with van der Waals surface area (Å²) in [5.74, 6) is -1.04. The van der Waals surface area contributed by atoms with Crippen LogP contribution in [0.25, 0.3) is 0 Å². The molecule has 1 N–H and O–H groups in total. The van der Waals surface area contributed by atoms with E-state index in [2.05, 4.69) is 5.32 Å². The number of rotatable bonds is 7. The number of carbonyl (C=O) groups excluding carboxylic acids is 1. The number of nitrogens with one attached hydrogen (secondary N) is 1. The van der Waals surface area contributed by atoms with E-state index in [0.29, 0.717) is 5.57 Å². The Bertz CT molecular complexity index is 945. The second kappa shape index (κ2) is 9.49. The highest BCUT2D eigenvalue weighted by atomic mass is 19.4. The van der Waals surface area contributed by atoms with Crippen LogP contribution < -0.4 is 10.1 Å². The van der Waals surface area contributed by atoms with Crippen LogP contribution in [0.3, 0.4) is 0 Å². The van der Waals surface area contributed by atoms with Gasteiger partial charge in [-0.05, 0) is 63.6 Å². The predicted molar refractivity (Wildman–Crippen MR) is 110 cm³/mol. The summed E-state index contributed by atoms with van der Waals surface area (Å²) in [6, 6.07) is 10.3. The van der Waals surface area contributed by atoms with Crippen molar-refractivity contribution in [3.8, 4) is 11.5 Å². The lowest BCUT2D eigenvalue weighted by Gasteiger charge is -2.27. The van der Waals surface area contributed by atoms with Crippen molar-refractivity contribution >= 4 is 11.6 Å². The SMILES string of the molecule is CCC(F)C(C)(F)C(C(=O)Nc1ccc(Oc2ccccc2C(F)(F)F)cc1)=C(C)C. The van der Waals surface area contributed by atoms with Gasteiger partial charge in [0.05, 0.1) is 11.1 Å². The molecule has 2 aromatic rings. The van der Waals surface area contributed by atoms with E-state index in [4.69, 9.17) is 4.74 Å². The van der Waals surface area contributed by atoms with E-state index in [1.165, 1.54) is 63.2 Å². The number of benzene rings is 2. The lowest BCUT2D eigenvalue weighted by Crippen LogP contribution is -2.39. The fourth-order valence-electron chi connectivity index (χ4n) is 3.19. The Morgan fingerprint density at radius 2 is 1.61 bits per heavy atom. The fourth-order valence-corrected chi connectivity index (χ4v) is 3.19. The number of ether oxygens (including phenoxy) is 1. The number of carbonyl (C=O) groups is 1. The molecular weight excluding hydrogens is 417 g/mol. The van der Waals surface area contributed by atoms with Crippen molar-refractivity contribution in [1.82, 2.24) is 0 Å². The van der Waals surface area contributed by atoms with E-state index in [9.17, 15) is 26.7 Å². The quantitative estimate of drug-likeness (QED) is 0.363. The van der Waals surface area contributed by atoms with Gasteiger partial charge in [-0.15, -0.1) is 0 Å². The molecule has 31 heavy (non-hydrogen) atoms. The number of hydrogen-bond donors (Lipinski definition) is 1. The molecule has 2 atom stereocenters. The number of allylic oxidation sites excluding steroid dienone is 1. The minimum atomic E-state index is -4.57. The van der Waals surface area contributed by atoms with E-state index in [-0.39, 0.29) is 29.2 Å². The molecule has 2 unspecified atom stereocenters. The average molecular weight is 441 g/mol. The van der Waals surface area contributed by atoms with Gasteiger partial charge in [0.15, 0.2) is 5.67 Å². The third-order valence-electron chi connectivity index (χ3n) is 4.70. The van der Waals surface area contributed by atoms with Crippen molar-refractivity contribution in [2.24, 2.45) is 0 Å². The summed E-state index contributed by atoms with van der Waals surface area (Å²) >= 11 is 0. The molecule has 0 saturated carbocycles. The standard InChI is InChI=1S/C23H24F5NO2/c1-5-19(24)22(4,25)20(14(2)3)21(30)29-15-10-12-16(13-11-15)31-18-9-7-6-8-17(18)23(26,27)28/h6-13,19H,5H2,1-4H3,(H,29,30). The molecule has 0 spiro atoms. The third kappa shape index (κ3) is 5.83. The third-order valence-corrected chi connectivity index (χ3v) is 4.70. The van der Waals surface area contributed by atoms with Crippen molar-refractivity contribution in [2.45, 2.75) is 52.1 Å². The van der Waals surface area contributed by atoms with Crippen LogP contribution in [-0.2, 0) is 11.0 Å². The van der Waals surface area contributed by atoms with Crippen molar-refractivity contribution in [2.75, 3.05) is 5.32 Å².